The summed E-state index contributed by atoms with van der Waals surface area (Å²) in [6.07, 6.45) is 1.65. The van der Waals surface area contributed by atoms with E-state index in [4.69, 9.17) is 0 Å². The van der Waals surface area contributed by atoms with Gasteiger partial charge >= 0.3 is 12.1 Å². The molecule has 0 radical (unpaired) electrons. The zero-order valence-electron chi connectivity index (χ0n) is 15.2. The zero-order chi connectivity index (χ0) is 17.7. The Bertz CT molecular complexity index is 595. The summed E-state index contributed by atoms with van der Waals surface area (Å²) in [5, 5.41) is 5.87. The normalized spacial score (nSPS) is 10.2. The fourth-order valence-corrected chi connectivity index (χ4v) is 2.36. The van der Waals surface area contributed by atoms with Crippen molar-refractivity contribution in [1.29, 1.82) is 0 Å². The molecule has 1 aromatic rings. The van der Waals surface area contributed by atoms with Crippen molar-refractivity contribution in [1.82, 2.24) is 9.80 Å². The molecule has 0 unspecified atom stereocenters. The molecule has 0 heterocycles. The van der Waals surface area contributed by atoms with Gasteiger partial charge in [-0.3, -0.25) is 0 Å². The monoisotopic (exact) mass is 320 g/mol. The van der Waals surface area contributed by atoms with Crippen molar-refractivity contribution in [3.63, 3.8) is 0 Å². The third-order valence-electron chi connectivity index (χ3n) is 3.81. The van der Waals surface area contributed by atoms with Gasteiger partial charge in [0.15, 0.2) is 0 Å². The molecule has 128 valence electrons. The highest BCUT2D eigenvalue weighted by atomic mass is 16.2. The molecule has 4 amide bonds. The van der Waals surface area contributed by atoms with Crippen molar-refractivity contribution in [3.05, 3.63) is 22.8 Å². The molecule has 2 N–H and O–H groups in total. The maximum absolute atomic E-state index is 12.1. The molecular formula is C17H28N4O2. The Kier molecular flexibility index (Phi) is 6.42. The van der Waals surface area contributed by atoms with Crippen LogP contribution in [0.3, 0.4) is 0 Å². The average Bonchev–Trinajstić information content (AvgIpc) is 2.50. The molecule has 0 bridgehead atoms. The summed E-state index contributed by atoms with van der Waals surface area (Å²) < 4.78 is 0. The summed E-state index contributed by atoms with van der Waals surface area (Å²) in [7, 11) is 6.80. The highest BCUT2D eigenvalue weighted by Gasteiger charge is 2.18. The van der Waals surface area contributed by atoms with Crippen molar-refractivity contribution >= 4 is 23.4 Å². The molecule has 0 spiro atoms. The second-order valence-corrected chi connectivity index (χ2v) is 5.92. The third kappa shape index (κ3) is 4.37. The molecular weight excluding hydrogens is 292 g/mol. The first kappa shape index (κ1) is 18.8. The van der Waals surface area contributed by atoms with E-state index in [2.05, 4.69) is 24.5 Å². The van der Waals surface area contributed by atoms with Crippen molar-refractivity contribution in [2.75, 3.05) is 38.8 Å². The lowest BCUT2D eigenvalue weighted by molar-refractivity contribution is 0.230. The van der Waals surface area contributed by atoms with Crippen LogP contribution in [0.25, 0.3) is 0 Å². The van der Waals surface area contributed by atoms with Crippen LogP contribution in [0.1, 0.15) is 30.5 Å². The van der Waals surface area contributed by atoms with Crippen LogP contribution in [-0.4, -0.2) is 50.1 Å². The Balaban J connectivity index is 3.39. The second-order valence-electron chi connectivity index (χ2n) is 5.92. The molecule has 0 aliphatic carbocycles. The molecule has 0 aromatic heterocycles. The first-order valence-electron chi connectivity index (χ1n) is 7.84. The Hall–Kier alpha value is -2.24. The molecule has 0 atom stereocenters. The number of nitrogens with one attached hydrogen (secondary N) is 2. The van der Waals surface area contributed by atoms with Gasteiger partial charge in [-0.2, -0.15) is 0 Å². The van der Waals surface area contributed by atoms with E-state index in [1.165, 1.54) is 9.80 Å². The van der Waals surface area contributed by atoms with Crippen LogP contribution in [0.4, 0.5) is 21.0 Å². The van der Waals surface area contributed by atoms with E-state index in [-0.39, 0.29) is 12.1 Å². The summed E-state index contributed by atoms with van der Waals surface area (Å²) in [6, 6.07) is 1.63. The molecule has 1 aromatic carbocycles. The summed E-state index contributed by atoms with van der Waals surface area (Å²) in [5.74, 6) is 0. The van der Waals surface area contributed by atoms with Gasteiger partial charge in [0.25, 0.3) is 0 Å². The standard InChI is InChI=1S/C17H28N4O2/c1-8-12-10-14(18-16(22)20(4)5)11(3)15(13(12)9-2)19-17(23)21(6)7/h10H,8-9H2,1-7H3,(H,18,22)(H,19,23). The smallest absolute Gasteiger partial charge is 0.321 e. The molecule has 6 nitrogen and oxygen atoms in total. The van der Waals surface area contributed by atoms with Gasteiger partial charge in [-0.25, -0.2) is 9.59 Å². The van der Waals surface area contributed by atoms with E-state index in [0.717, 1.165) is 40.9 Å². The van der Waals surface area contributed by atoms with E-state index < -0.39 is 0 Å². The number of nitrogens with zero attached hydrogens (tertiary/aromatic N) is 2. The van der Waals surface area contributed by atoms with Gasteiger partial charge in [-0.05, 0) is 42.5 Å². The maximum atomic E-state index is 12.1. The van der Waals surface area contributed by atoms with Crippen molar-refractivity contribution < 1.29 is 9.59 Å². The minimum absolute atomic E-state index is 0.180. The predicted molar refractivity (Wildman–Crippen MR) is 95.3 cm³/mol. The molecule has 0 saturated carbocycles. The minimum Gasteiger partial charge on any atom is -0.331 e. The van der Waals surface area contributed by atoms with Crippen LogP contribution in [0.15, 0.2) is 6.07 Å². The summed E-state index contributed by atoms with van der Waals surface area (Å²) >= 11 is 0. The van der Waals surface area contributed by atoms with E-state index in [1.807, 2.05) is 13.0 Å². The van der Waals surface area contributed by atoms with Gasteiger partial charge in [0.1, 0.15) is 0 Å². The van der Waals surface area contributed by atoms with Crippen molar-refractivity contribution in [2.45, 2.75) is 33.6 Å². The van der Waals surface area contributed by atoms with Crippen molar-refractivity contribution in [3.8, 4) is 0 Å². The molecule has 0 aliphatic heterocycles. The second kappa shape index (κ2) is 7.85. The molecule has 0 aliphatic rings. The first-order valence-corrected chi connectivity index (χ1v) is 7.84. The van der Waals surface area contributed by atoms with Gasteiger partial charge < -0.3 is 20.4 Å². The molecule has 1 rings (SSSR count). The molecule has 0 fully saturated rings. The van der Waals surface area contributed by atoms with Crippen LogP contribution >= 0.6 is 0 Å². The Morgan fingerprint density at radius 3 is 1.91 bits per heavy atom. The number of anilines is 2. The van der Waals surface area contributed by atoms with Crippen LogP contribution in [0.5, 0.6) is 0 Å². The van der Waals surface area contributed by atoms with E-state index in [9.17, 15) is 9.59 Å². The Morgan fingerprint density at radius 1 is 0.957 bits per heavy atom. The average molecular weight is 320 g/mol. The van der Waals surface area contributed by atoms with Gasteiger partial charge in [-0.1, -0.05) is 13.8 Å². The summed E-state index contributed by atoms with van der Waals surface area (Å²) in [6.45, 7) is 6.05. The Labute approximate surface area is 138 Å². The van der Waals surface area contributed by atoms with Crippen LogP contribution in [0, 0.1) is 6.92 Å². The predicted octanol–water partition coefficient (Wildman–Crippen LogP) is 3.31. The number of hydrogen-bond donors (Lipinski definition) is 2. The highest BCUT2D eigenvalue weighted by Crippen LogP contribution is 2.32. The van der Waals surface area contributed by atoms with Gasteiger partial charge in [0.2, 0.25) is 0 Å². The topological polar surface area (TPSA) is 64.7 Å². The largest absolute Gasteiger partial charge is 0.331 e. The van der Waals surface area contributed by atoms with Crippen LogP contribution in [-0.2, 0) is 12.8 Å². The quantitative estimate of drug-likeness (QED) is 0.894. The number of carbonyl (C=O) groups is 2. The number of benzene rings is 1. The SMILES string of the molecule is CCc1cc(NC(=O)N(C)C)c(C)c(NC(=O)N(C)C)c1CC. The van der Waals surface area contributed by atoms with E-state index >= 15 is 0 Å². The molecule has 0 saturated heterocycles. The lowest BCUT2D eigenvalue weighted by Crippen LogP contribution is -2.30. The van der Waals surface area contributed by atoms with Gasteiger partial charge in [0, 0.05) is 33.9 Å². The molecule has 23 heavy (non-hydrogen) atoms. The number of urea groups is 2. The fraction of sp³-hybridized carbons (Fsp3) is 0.529. The lowest BCUT2D eigenvalue weighted by atomic mass is 9.96. The number of hydrogen-bond acceptors (Lipinski definition) is 2. The first-order chi connectivity index (χ1) is 10.7. The van der Waals surface area contributed by atoms with Crippen LogP contribution < -0.4 is 10.6 Å². The van der Waals surface area contributed by atoms with E-state index in [0.29, 0.717) is 0 Å². The number of amides is 4. The highest BCUT2D eigenvalue weighted by molar-refractivity contribution is 5.95. The Morgan fingerprint density at radius 2 is 1.48 bits per heavy atom. The van der Waals surface area contributed by atoms with Gasteiger partial charge in [-0.15, -0.1) is 0 Å². The minimum atomic E-state index is -0.190. The van der Waals surface area contributed by atoms with E-state index in [1.54, 1.807) is 28.2 Å². The lowest BCUT2D eigenvalue weighted by Gasteiger charge is -2.22. The summed E-state index contributed by atoms with van der Waals surface area (Å²) in [5.41, 5.74) is 4.63. The number of aryl methyl sites for hydroxylation is 1. The fourth-order valence-electron chi connectivity index (χ4n) is 2.36. The zero-order valence-corrected chi connectivity index (χ0v) is 15.2. The van der Waals surface area contributed by atoms with Crippen molar-refractivity contribution in [2.24, 2.45) is 0 Å². The van der Waals surface area contributed by atoms with Gasteiger partial charge in [0.05, 0.1) is 5.69 Å². The number of rotatable bonds is 4. The molecule has 6 heteroatoms. The third-order valence-corrected chi connectivity index (χ3v) is 3.81. The maximum Gasteiger partial charge on any atom is 0.321 e. The van der Waals surface area contributed by atoms with Crippen LogP contribution in [0.2, 0.25) is 0 Å². The summed E-state index contributed by atoms with van der Waals surface area (Å²) in [4.78, 5) is 27.1. The number of carbonyl (C=O) groups excluding carboxylic acids is 2.